The number of rotatable bonds is 10. The predicted molar refractivity (Wildman–Crippen MR) is 144 cm³/mol. The molecule has 0 saturated carbocycles. The summed E-state index contributed by atoms with van der Waals surface area (Å²) in [6.45, 7) is 1.86. The largest absolute Gasteiger partial charge is 0.497 e. The Morgan fingerprint density at radius 1 is 0.917 bits per heavy atom. The second kappa shape index (κ2) is 12.7. The zero-order valence-electron chi connectivity index (χ0n) is 20.2. The minimum atomic E-state index is -1.28. The SMILES string of the molecule is CC[C@H](C(=O)c1ccc(Cl)cc1)[C@H](c1ccc(Br)cc1)[C@H](C(=O)Nc1ccc(OC)cc1)C(=O)OC. The average Bonchev–Trinajstić information content (AvgIpc) is 2.89. The van der Waals surface area contributed by atoms with Crippen LogP contribution in [-0.2, 0) is 14.3 Å². The van der Waals surface area contributed by atoms with E-state index < -0.39 is 29.6 Å². The van der Waals surface area contributed by atoms with Crippen molar-refractivity contribution in [2.45, 2.75) is 19.3 Å². The third kappa shape index (κ3) is 6.53. The molecule has 1 N–H and O–H groups in total. The molecule has 0 aliphatic rings. The Morgan fingerprint density at radius 2 is 1.53 bits per heavy atom. The smallest absolute Gasteiger partial charge is 0.318 e. The van der Waals surface area contributed by atoms with Gasteiger partial charge in [-0.1, -0.05) is 46.6 Å². The number of ether oxygens (including phenoxy) is 2. The van der Waals surface area contributed by atoms with Crippen LogP contribution in [0.5, 0.6) is 5.75 Å². The Balaban J connectivity index is 2.07. The van der Waals surface area contributed by atoms with Gasteiger partial charge in [0.2, 0.25) is 5.91 Å². The summed E-state index contributed by atoms with van der Waals surface area (Å²) in [5.41, 5.74) is 1.61. The lowest BCUT2D eigenvalue weighted by Gasteiger charge is -2.31. The molecule has 0 heterocycles. The Bertz CT molecular complexity index is 1200. The Kier molecular flexibility index (Phi) is 9.67. The molecule has 0 aromatic heterocycles. The molecule has 0 aliphatic heterocycles. The second-order valence-electron chi connectivity index (χ2n) is 8.18. The minimum Gasteiger partial charge on any atom is -0.497 e. The number of benzene rings is 3. The number of anilines is 1. The first-order valence-electron chi connectivity index (χ1n) is 11.4. The number of halogens is 2. The average molecular weight is 573 g/mol. The van der Waals surface area contributed by atoms with Crippen molar-refractivity contribution < 1.29 is 23.9 Å². The maximum atomic E-state index is 13.7. The molecular weight excluding hydrogens is 546 g/mol. The van der Waals surface area contributed by atoms with Crippen molar-refractivity contribution in [3.05, 3.63) is 93.4 Å². The molecule has 0 aliphatic carbocycles. The zero-order valence-corrected chi connectivity index (χ0v) is 22.5. The summed E-state index contributed by atoms with van der Waals surface area (Å²) >= 11 is 9.44. The monoisotopic (exact) mass is 571 g/mol. The van der Waals surface area contributed by atoms with Crippen LogP contribution in [0.1, 0.15) is 35.2 Å². The van der Waals surface area contributed by atoms with Crippen molar-refractivity contribution >= 4 is 50.9 Å². The molecule has 188 valence electrons. The number of hydrogen-bond donors (Lipinski definition) is 1. The van der Waals surface area contributed by atoms with Crippen LogP contribution < -0.4 is 10.1 Å². The van der Waals surface area contributed by atoms with Gasteiger partial charge in [-0.3, -0.25) is 14.4 Å². The number of amides is 1. The lowest BCUT2D eigenvalue weighted by molar-refractivity contribution is -0.150. The van der Waals surface area contributed by atoms with Crippen LogP contribution in [0, 0.1) is 11.8 Å². The number of esters is 1. The summed E-state index contributed by atoms with van der Waals surface area (Å²) < 4.78 is 11.1. The molecule has 36 heavy (non-hydrogen) atoms. The molecule has 8 heteroatoms. The summed E-state index contributed by atoms with van der Waals surface area (Å²) in [7, 11) is 2.78. The normalized spacial score (nSPS) is 13.2. The van der Waals surface area contributed by atoms with Crippen LogP contribution in [-0.4, -0.2) is 31.9 Å². The van der Waals surface area contributed by atoms with Gasteiger partial charge in [0.1, 0.15) is 11.7 Å². The van der Waals surface area contributed by atoms with E-state index in [1.54, 1.807) is 55.6 Å². The number of methoxy groups -OCH3 is 2. The zero-order chi connectivity index (χ0) is 26.2. The number of carbonyl (C=O) groups excluding carboxylic acids is 3. The summed E-state index contributed by atoms with van der Waals surface area (Å²) in [5.74, 6) is -3.59. The highest BCUT2D eigenvalue weighted by atomic mass is 79.9. The Labute approximate surface area is 224 Å². The van der Waals surface area contributed by atoms with Crippen molar-refractivity contribution in [1.29, 1.82) is 0 Å². The van der Waals surface area contributed by atoms with Crippen LogP contribution in [0.4, 0.5) is 5.69 Å². The number of carbonyl (C=O) groups is 3. The summed E-state index contributed by atoms with van der Waals surface area (Å²) in [6, 6.07) is 20.6. The van der Waals surface area contributed by atoms with Crippen molar-refractivity contribution in [2.24, 2.45) is 11.8 Å². The molecule has 0 spiro atoms. The second-order valence-corrected chi connectivity index (χ2v) is 9.53. The molecule has 3 rings (SSSR count). The van der Waals surface area contributed by atoms with Gasteiger partial charge < -0.3 is 14.8 Å². The molecule has 0 fully saturated rings. The number of ketones is 1. The fourth-order valence-corrected chi connectivity index (χ4v) is 4.60. The van der Waals surface area contributed by atoms with E-state index in [1.807, 2.05) is 31.2 Å². The van der Waals surface area contributed by atoms with E-state index in [1.165, 1.54) is 7.11 Å². The summed E-state index contributed by atoms with van der Waals surface area (Å²) in [6.07, 6.45) is 0.394. The van der Waals surface area contributed by atoms with Gasteiger partial charge in [0, 0.05) is 32.6 Å². The van der Waals surface area contributed by atoms with Gasteiger partial charge in [-0.25, -0.2) is 0 Å². The topological polar surface area (TPSA) is 81.7 Å². The molecule has 0 saturated heterocycles. The van der Waals surface area contributed by atoms with Gasteiger partial charge >= 0.3 is 5.97 Å². The lowest BCUT2D eigenvalue weighted by atomic mass is 9.72. The maximum Gasteiger partial charge on any atom is 0.318 e. The third-order valence-corrected chi connectivity index (χ3v) is 6.83. The number of nitrogens with one attached hydrogen (secondary N) is 1. The first-order valence-corrected chi connectivity index (χ1v) is 12.5. The van der Waals surface area contributed by atoms with E-state index in [0.717, 1.165) is 4.47 Å². The molecule has 1 amide bonds. The van der Waals surface area contributed by atoms with Crippen molar-refractivity contribution in [1.82, 2.24) is 0 Å². The summed E-state index contributed by atoms with van der Waals surface area (Å²) in [5, 5.41) is 3.31. The molecule has 0 radical (unpaired) electrons. The van der Waals surface area contributed by atoms with Crippen molar-refractivity contribution in [3.63, 3.8) is 0 Å². The van der Waals surface area contributed by atoms with E-state index in [-0.39, 0.29) is 5.78 Å². The fourth-order valence-electron chi connectivity index (χ4n) is 4.21. The van der Waals surface area contributed by atoms with Crippen molar-refractivity contribution in [3.8, 4) is 5.75 Å². The van der Waals surface area contributed by atoms with Gasteiger partial charge in [0.15, 0.2) is 5.78 Å². The van der Waals surface area contributed by atoms with Gasteiger partial charge in [-0.15, -0.1) is 0 Å². The van der Waals surface area contributed by atoms with E-state index in [9.17, 15) is 14.4 Å². The maximum absolute atomic E-state index is 13.7. The third-order valence-electron chi connectivity index (χ3n) is 6.05. The number of Topliss-reactive ketones (excluding diaryl/α,β-unsaturated/α-hetero) is 1. The molecule has 0 bridgehead atoms. The fraction of sp³-hybridized carbons (Fsp3) is 0.250. The molecular formula is C28H27BrClNO5. The highest BCUT2D eigenvalue weighted by molar-refractivity contribution is 9.10. The first kappa shape index (κ1) is 27.4. The molecule has 0 unspecified atom stereocenters. The van der Waals surface area contributed by atoms with Gasteiger partial charge in [-0.2, -0.15) is 0 Å². The minimum absolute atomic E-state index is 0.187. The van der Waals surface area contributed by atoms with Gasteiger partial charge in [-0.05, 0) is 72.6 Å². The van der Waals surface area contributed by atoms with Crippen molar-refractivity contribution in [2.75, 3.05) is 19.5 Å². The Morgan fingerprint density at radius 3 is 2.06 bits per heavy atom. The molecule has 6 nitrogen and oxygen atoms in total. The quantitative estimate of drug-likeness (QED) is 0.170. The van der Waals surface area contributed by atoms with Crippen LogP contribution in [0.3, 0.4) is 0 Å². The van der Waals surface area contributed by atoms with Gasteiger partial charge in [0.25, 0.3) is 0 Å². The Hall–Kier alpha value is -3.16. The highest BCUT2D eigenvalue weighted by Crippen LogP contribution is 2.38. The number of hydrogen-bond acceptors (Lipinski definition) is 5. The van der Waals surface area contributed by atoms with E-state index in [2.05, 4.69) is 21.2 Å². The highest BCUT2D eigenvalue weighted by Gasteiger charge is 2.43. The van der Waals surface area contributed by atoms with Crippen LogP contribution in [0.25, 0.3) is 0 Å². The van der Waals surface area contributed by atoms with E-state index >= 15 is 0 Å². The van der Waals surface area contributed by atoms with Crippen LogP contribution >= 0.6 is 27.5 Å². The first-order chi connectivity index (χ1) is 17.3. The van der Waals surface area contributed by atoms with Crippen LogP contribution in [0.15, 0.2) is 77.3 Å². The predicted octanol–water partition coefficient (Wildman–Crippen LogP) is 6.53. The lowest BCUT2D eigenvalue weighted by Crippen LogP contribution is -2.40. The molecule has 3 aromatic rings. The summed E-state index contributed by atoms with van der Waals surface area (Å²) in [4.78, 5) is 40.4. The van der Waals surface area contributed by atoms with Gasteiger partial charge in [0.05, 0.1) is 14.2 Å². The molecule has 3 atom stereocenters. The molecule has 3 aromatic carbocycles. The van der Waals surface area contributed by atoms with E-state index in [0.29, 0.717) is 34.0 Å². The van der Waals surface area contributed by atoms with E-state index in [4.69, 9.17) is 21.1 Å². The standard InChI is InChI=1S/C28H27BrClNO5/c1-4-23(26(32)18-7-11-20(30)12-8-18)24(17-5-9-19(29)10-6-17)25(28(34)36-3)27(33)31-21-13-15-22(35-2)16-14-21/h5-16,23-25H,4H2,1-3H3,(H,31,33)/t23-,24-,25+/m0/s1. The van der Waals surface area contributed by atoms with Crippen LogP contribution in [0.2, 0.25) is 5.02 Å².